The molecule has 0 radical (unpaired) electrons. The molecule has 2 fully saturated rings. The number of ether oxygens (including phenoxy) is 1. The molecule has 0 saturated heterocycles. The standard InChI is InChI=1S/C13H21NO4/c1-4-18-10-6-9(13(10,2)3)14-11(15)7-5-8(7)12(16)17/h7-10H,4-6H2,1-3H3,(H,14,15)(H,16,17)/t7-,8+,9?,10?/m1/s1. The fraction of sp³-hybridized carbons (Fsp3) is 0.846. The summed E-state index contributed by atoms with van der Waals surface area (Å²) >= 11 is 0. The molecule has 0 heterocycles. The van der Waals surface area contributed by atoms with Crippen LogP contribution in [-0.2, 0) is 14.3 Å². The van der Waals surface area contributed by atoms with Gasteiger partial charge < -0.3 is 15.2 Å². The van der Waals surface area contributed by atoms with Gasteiger partial charge in [0.05, 0.1) is 17.9 Å². The van der Waals surface area contributed by atoms with E-state index in [4.69, 9.17) is 9.84 Å². The van der Waals surface area contributed by atoms with Crippen molar-refractivity contribution in [1.82, 2.24) is 5.32 Å². The first-order valence-electron chi connectivity index (χ1n) is 6.52. The molecule has 1 amide bonds. The molecule has 2 N–H and O–H groups in total. The molecule has 2 aliphatic carbocycles. The molecule has 18 heavy (non-hydrogen) atoms. The third-order valence-corrected chi connectivity index (χ3v) is 4.31. The van der Waals surface area contributed by atoms with Gasteiger partial charge in [-0.3, -0.25) is 9.59 Å². The summed E-state index contributed by atoms with van der Waals surface area (Å²) in [6.07, 6.45) is 1.47. The van der Waals surface area contributed by atoms with Crippen LogP contribution in [0.5, 0.6) is 0 Å². The molecule has 0 aromatic heterocycles. The van der Waals surface area contributed by atoms with E-state index < -0.39 is 11.9 Å². The van der Waals surface area contributed by atoms with Crippen LogP contribution in [0, 0.1) is 17.3 Å². The fourth-order valence-electron chi connectivity index (χ4n) is 2.65. The summed E-state index contributed by atoms with van der Waals surface area (Å²) in [5, 5.41) is 11.8. The highest BCUT2D eigenvalue weighted by Crippen LogP contribution is 2.44. The first kappa shape index (κ1) is 13.3. The number of rotatable bonds is 5. The lowest BCUT2D eigenvalue weighted by atomic mass is 9.64. The predicted octanol–water partition coefficient (Wildman–Crippen LogP) is 1.03. The van der Waals surface area contributed by atoms with Gasteiger partial charge in [-0.1, -0.05) is 13.8 Å². The minimum absolute atomic E-state index is 0.0702. The summed E-state index contributed by atoms with van der Waals surface area (Å²) in [5.41, 5.74) is -0.0702. The van der Waals surface area contributed by atoms with Gasteiger partial charge >= 0.3 is 5.97 Å². The van der Waals surface area contributed by atoms with Gasteiger partial charge in [-0.2, -0.15) is 0 Å². The molecule has 5 nitrogen and oxygen atoms in total. The molecule has 0 aliphatic heterocycles. The Labute approximate surface area is 107 Å². The van der Waals surface area contributed by atoms with E-state index in [1.54, 1.807) is 0 Å². The van der Waals surface area contributed by atoms with Crippen molar-refractivity contribution < 1.29 is 19.4 Å². The molecule has 2 aliphatic rings. The molecule has 4 atom stereocenters. The topological polar surface area (TPSA) is 75.6 Å². The van der Waals surface area contributed by atoms with Crippen LogP contribution in [0.1, 0.15) is 33.6 Å². The van der Waals surface area contributed by atoms with Crippen LogP contribution < -0.4 is 5.32 Å². The second-order valence-electron chi connectivity index (χ2n) is 5.85. The van der Waals surface area contributed by atoms with Gasteiger partial charge in [0.1, 0.15) is 0 Å². The van der Waals surface area contributed by atoms with Crippen LogP contribution in [0.4, 0.5) is 0 Å². The molecule has 2 unspecified atom stereocenters. The third kappa shape index (κ3) is 2.23. The first-order chi connectivity index (χ1) is 8.37. The zero-order valence-corrected chi connectivity index (χ0v) is 11.1. The molecule has 0 bridgehead atoms. The Hall–Kier alpha value is -1.10. The van der Waals surface area contributed by atoms with E-state index in [1.165, 1.54) is 0 Å². The molecule has 102 valence electrons. The minimum atomic E-state index is -0.866. The number of nitrogens with one attached hydrogen (secondary N) is 1. The van der Waals surface area contributed by atoms with Gasteiger partial charge in [0.25, 0.3) is 0 Å². The molecule has 0 aromatic rings. The van der Waals surface area contributed by atoms with Crippen molar-refractivity contribution in [3.8, 4) is 0 Å². The summed E-state index contributed by atoms with van der Waals surface area (Å²) in [4.78, 5) is 22.6. The fourth-order valence-corrected chi connectivity index (χ4v) is 2.65. The lowest BCUT2D eigenvalue weighted by Gasteiger charge is -2.51. The molecule has 2 saturated carbocycles. The maximum atomic E-state index is 11.9. The molecular weight excluding hydrogens is 234 g/mol. The molecular formula is C13H21NO4. The number of amides is 1. The van der Waals surface area contributed by atoms with E-state index in [2.05, 4.69) is 19.2 Å². The van der Waals surface area contributed by atoms with Crippen molar-refractivity contribution in [1.29, 1.82) is 0 Å². The van der Waals surface area contributed by atoms with Gasteiger partial charge in [0.2, 0.25) is 5.91 Å². The van der Waals surface area contributed by atoms with Crippen molar-refractivity contribution in [3.63, 3.8) is 0 Å². The Morgan fingerprint density at radius 3 is 2.44 bits per heavy atom. The van der Waals surface area contributed by atoms with Gasteiger partial charge in [0, 0.05) is 18.1 Å². The molecule has 5 heteroatoms. The summed E-state index contributed by atoms with van der Waals surface area (Å²) in [7, 11) is 0. The lowest BCUT2D eigenvalue weighted by molar-refractivity contribution is -0.143. The van der Waals surface area contributed by atoms with Crippen molar-refractivity contribution >= 4 is 11.9 Å². The van der Waals surface area contributed by atoms with Crippen LogP contribution in [-0.4, -0.2) is 35.7 Å². The first-order valence-corrected chi connectivity index (χ1v) is 6.52. The number of carbonyl (C=O) groups excluding carboxylic acids is 1. The summed E-state index contributed by atoms with van der Waals surface area (Å²) in [6, 6.07) is 0.0941. The molecule has 2 rings (SSSR count). The number of carboxylic acid groups (broad SMARTS) is 1. The average molecular weight is 255 g/mol. The van der Waals surface area contributed by atoms with E-state index in [0.29, 0.717) is 13.0 Å². The second kappa shape index (κ2) is 4.53. The van der Waals surface area contributed by atoms with Gasteiger partial charge in [-0.25, -0.2) is 0 Å². The Morgan fingerprint density at radius 1 is 1.33 bits per heavy atom. The third-order valence-electron chi connectivity index (χ3n) is 4.31. The summed E-state index contributed by atoms with van der Waals surface area (Å²) in [5.74, 6) is -1.79. The Kier molecular flexibility index (Phi) is 3.36. The van der Waals surface area contributed by atoms with Crippen LogP contribution in [0.25, 0.3) is 0 Å². The van der Waals surface area contributed by atoms with Gasteiger partial charge in [-0.05, 0) is 19.8 Å². The number of carboxylic acids is 1. The average Bonchev–Trinajstić information content (AvgIpc) is 3.07. The van der Waals surface area contributed by atoms with E-state index in [0.717, 1.165) is 6.42 Å². The summed E-state index contributed by atoms with van der Waals surface area (Å²) in [6.45, 7) is 6.79. The monoisotopic (exact) mass is 255 g/mol. The number of hydrogen-bond donors (Lipinski definition) is 2. The molecule has 0 aromatic carbocycles. The smallest absolute Gasteiger partial charge is 0.307 e. The zero-order valence-electron chi connectivity index (χ0n) is 11.1. The number of hydrogen-bond acceptors (Lipinski definition) is 3. The lowest BCUT2D eigenvalue weighted by Crippen LogP contribution is -2.62. The van der Waals surface area contributed by atoms with Crippen LogP contribution in [0.2, 0.25) is 0 Å². The van der Waals surface area contributed by atoms with E-state index in [-0.39, 0.29) is 29.4 Å². The van der Waals surface area contributed by atoms with Crippen molar-refractivity contribution in [2.24, 2.45) is 17.3 Å². The molecule has 0 spiro atoms. The maximum absolute atomic E-state index is 11.9. The summed E-state index contributed by atoms with van der Waals surface area (Å²) < 4.78 is 5.59. The Morgan fingerprint density at radius 2 is 2.00 bits per heavy atom. The predicted molar refractivity (Wildman–Crippen MR) is 65.0 cm³/mol. The van der Waals surface area contributed by atoms with Gasteiger partial charge in [0.15, 0.2) is 0 Å². The normalized spacial score (nSPS) is 36.6. The second-order valence-corrected chi connectivity index (χ2v) is 5.85. The minimum Gasteiger partial charge on any atom is -0.481 e. The Bertz CT molecular complexity index is 366. The highest BCUT2D eigenvalue weighted by molar-refractivity contribution is 5.89. The quantitative estimate of drug-likeness (QED) is 0.769. The van der Waals surface area contributed by atoms with Crippen molar-refractivity contribution in [2.75, 3.05) is 6.61 Å². The van der Waals surface area contributed by atoms with E-state index >= 15 is 0 Å². The largest absolute Gasteiger partial charge is 0.481 e. The van der Waals surface area contributed by atoms with Crippen LogP contribution >= 0.6 is 0 Å². The Balaban J connectivity index is 1.82. The maximum Gasteiger partial charge on any atom is 0.307 e. The number of aliphatic carboxylic acids is 1. The van der Waals surface area contributed by atoms with Crippen LogP contribution in [0.3, 0.4) is 0 Å². The van der Waals surface area contributed by atoms with Crippen molar-refractivity contribution in [3.05, 3.63) is 0 Å². The number of carbonyl (C=O) groups is 2. The van der Waals surface area contributed by atoms with Crippen LogP contribution in [0.15, 0.2) is 0 Å². The highest BCUT2D eigenvalue weighted by Gasteiger charge is 2.53. The zero-order chi connectivity index (χ0) is 13.5. The SMILES string of the molecule is CCOC1CC(NC(=O)[C@@H]2C[C@@H]2C(=O)O)C1(C)C. The van der Waals surface area contributed by atoms with Crippen molar-refractivity contribution in [2.45, 2.75) is 45.8 Å². The van der Waals surface area contributed by atoms with E-state index in [9.17, 15) is 9.59 Å². The highest BCUT2D eigenvalue weighted by atomic mass is 16.5. The van der Waals surface area contributed by atoms with E-state index in [1.807, 2.05) is 6.92 Å². The van der Waals surface area contributed by atoms with Gasteiger partial charge in [-0.15, -0.1) is 0 Å².